The van der Waals surface area contributed by atoms with Gasteiger partial charge in [0, 0.05) is 16.4 Å². The summed E-state index contributed by atoms with van der Waals surface area (Å²) in [5.74, 6) is 0.973. The minimum atomic E-state index is 0.973. The molecule has 1 saturated carbocycles. The molecule has 0 aromatic carbocycles. The molecule has 0 N–H and O–H groups in total. The molecule has 0 atom stereocenters. The van der Waals surface area contributed by atoms with Gasteiger partial charge in [-0.3, -0.25) is 4.98 Å². The highest BCUT2D eigenvalue weighted by atomic mass is 79.9. The zero-order valence-electron chi connectivity index (χ0n) is 8.38. The minimum Gasteiger partial charge on any atom is -0.260 e. The average Bonchev–Trinajstić information content (AvgIpc) is 2.70. The molecule has 2 rings (SSSR count). The first-order chi connectivity index (χ1) is 6.84. The number of halogens is 1. The Balaban J connectivity index is 1.82. The summed E-state index contributed by atoms with van der Waals surface area (Å²) >= 11 is 3.40. The van der Waals surface area contributed by atoms with Crippen molar-refractivity contribution in [1.82, 2.24) is 4.98 Å². The van der Waals surface area contributed by atoms with Crippen molar-refractivity contribution in [2.24, 2.45) is 5.92 Å². The van der Waals surface area contributed by atoms with Crippen LogP contribution in [0.15, 0.2) is 22.8 Å². The van der Waals surface area contributed by atoms with E-state index in [2.05, 4.69) is 33.0 Å². The van der Waals surface area contributed by atoms with E-state index < -0.39 is 0 Å². The Morgan fingerprint density at radius 2 is 2.07 bits per heavy atom. The number of pyridine rings is 1. The van der Waals surface area contributed by atoms with Crippen LogP contribution < -0.4 is 0 Å². The lowest BCUT2D eigenvalue weighted by Gasteiger charge is -2.07. The largest absolute Gasteiger partial charge is 0.260 e. The van der Waals surface area contributed by atoms with E-state index >= 15 is 0 Å². The third kappa shape index (κ3) is 2.81. The highest BCUT2D eigenvalue weighted by Crippen LogP contribution is 2.28. The maximum absolute atomic E-state index is 4.39. The summed E-state index contributed by atoms with van der Waals surface area (Å²) < 4.78 is 1.07. The normalized spacial score (nSPS) is 17.5. The van der Waals surface area contributed by atoms with Crippen molar-refractivity contribution in [3.8, 4) is 0 Å². The summed E-state index contributed by atoms with van der Waals surface area (Å²) in [6.45, 7) is 0. The second-order valence-electron chi connectivity index (χ2n) is 4.16. The first-order valence-electron chi connectivity index (χ1n) is 5.45. The van der Waals surface area contributed by atoms with Crippen LogP contribution in [0.5, 0.6) is 0 Å². The van der Waals surface area contributed by atoms with Crippen molar-refractivity contribution in [2.45, 2.75) is 38.5 Å². The molecule has 1 aromatic heterocycles. The number of hydrogen-bond donors (Lipinski definition) is 0. The number of hydrogen-bond acceptors (Lipinski definition) is 1. The molecule has 0 bridgehead atoms. The number of aromatic nitrogens is 1. The fourth-order valence-electron chi connectivity index (χ4n) is 2.21. The predicted octanol–water partition coefficient (Wildman–Crippen LogP) is 3.97. The third-order valence-electron chi connectivity index (χ3n) is 3.07. The van der Waals surface area contributed by atoms with Gasteiger partial charge in [0.15, 0.2) is 0 Å². The highest BCUT2D eigenvalue weighted by molar-refractivity contribution is 9.10. The van der Waals surface area contributed by atoms with Crippen molar-refractivity contribution >= 4 is 15.9 Å². The SMILES string of the molecule is Brc1ccc(CCC2CCCC2)nc1. The second kappa shape index (κ2) is 4.92. The number of rotatable bonds is 3. The Hall–Kier alpha value is -0.370. The van der Waals surface area contributed by atoms with Crippen LogP contribution in [0.3, 0.4) is 0 Å². The molecule has 0 spiro atoms. The smallest absolute Gasteiger partial charge is 0.0413 e. The molecule has 1 aromatic rings. The van der Waals surface area contributed by atoms with Crippen LogP contribution in [0.2, 0.25) is 0 Å². The van der Waals surface area contributed by atoms with E-state index in [0.717, 1.165) is 16.8 Å². The van der Waals surface area contributed by atoms with Gasteiger partial charge in [0.05, 0.1) is 0 Å². The standard InChI is InChI=1S/C12H16BrN/c13-11-6-8-12(14-9-11)7-5-10-3-1-2-4-10/h6,8-10H,1-5,7H2. The van der Waals surface area contributed by atoms with Gasteiger partial charge in [-0.05, 0) is 46.8 Å². The van der Waals surface area contributed by atoms with E-state index in [1.54, 1.807) is 0 Å². The molecule has 0 saturated heterocycles. The van der Waals surface area contributed by atoms with Gasteiger partial charge in [-0.25, -0.2) is 0 Å². The van der Waals surface area contributed by atoms with Gasteiger partial charge in [0.1, 0.15) is 0 Å². The molecule has 1 aliphatic carbocycles. The Morgan fingerprint density at radius 1 is 1.29 bits per heavy atom. The van der Waals surface area contributed by atoms with E-state index in [9.17, 15) is 0 Å². The van der Waals surface area contributed by atoms with Gasteiger partial charge in [0.2, 0.25) is 0 Å². The molecule has 0 radical (unpaired) electrons. The average molecular weight is 254 g/mol. The predicted molar refractivity (Wildman–Crippen MR) is 62.2 cm³/mol. The van der Waals surface area contributed by atoms with Gasteiger partial charge < -0.3 is 0 Å². The second-order valence-corrected chi connectivity index (χ2v) is 5.07. The zero-order chi connectivity index (χ0) is 9.80. The van der Waals surface area contributed by atoms with Crippen molar-refractivity contribution in [2.75, 3.05) is 0 Å². The first-order valence-corrected chi connectivity index (χ1v) is 6.24. The lowest BCUT2D eigenvalue weighted by Crippen LogP contribution is -1.97. The summed E-state index contributed by atoms with van der Waals surface area (Å²) in [6, 6.07) is 4.20. The molecule has 0 aliphatic heterocycles. The van der Waals surface area contributed by atoms with Crippen LogP contribution in [-0.2, 0) is 6.42 Å². The highest BCUT2D eigenvalue weighted by Gasteiger charge is 2.14. The Kier molecular flexibility index (Phi) is 3.57. The van der Waals surface area contributed by atoms with E-state index in [1.807, 2.05) is 6.20 Å². The summed E-state index contributed by atoms with van der Waals surface area (Å²) in [5.41, 5.74) is 1.24. The monoisotopic (exact) mass is 253 g/mol. The Morgan fingerprint density at radius 3 is 2.71 bits per heavy atom. The van der Waals surface area contributed by atoms with Crippen LogP contribution in [-0.4, -0.2) is 4.98 Å². The van der Waals surface area contributed by atoms with Crippen molar-refractivity contribution in [3.05, 3.63) is 28.5 Å². The maximum Gasteiger partial charge on any atom is 0.0413 e. The molecule has 2 heteroatoms. The van der Waals surface area contributed by atoms with E-state index in [-0.39, 0.29) is 0 Å². The van der Waals surface area contributed by atoms with Crippen molar-refractivity contribution in [1.29, 1.82) is 0 Å². The first kappa shape index (κ1) is 10.2. The number of nitrogens with zero attached hydrogens (tertiary/aromatic N) is 1. The topological polar surface area (TPSA) is 12.9 Å². The summed E-state index contributed by atoms with van der Waals surface area (Å²) in [4.78, 5) is 4.39. The fourth-order valence-corrected chi connectivity index (χ4v) is 2.44. The molecule has 0 unspecified atom stereocenters. The molecule has 14 heavy (non-hydrogen) atoms. The van der Waals surface area contributed by atoms with Gasteiger partial charge in [0.25, 0.3) is 0 Å². The molecular weight excluding hydrogens is 238 g/mol. The van der Waals surface area contributed by atoms with Crippen LogP contribution in [0.1, 0.15) is 37.8 Å². The summed E-state index contributed by atoms with van der Waals surface area (Å²) in [5, 5.41) is 0. The number of aryl methyl sites for hydroxylation is 1. The van der Waals surface area contributed by atoms with Gasteiger partial charge in [-0.15, -0.1) is 0 Å². The van der Waals surface area contributed by atoms with Gasteiger partial charge >= 0.3 is 0 Å². The molecule has 76 valence electrons. The van der Waals surface area contributed by atoms with E-state index in [4.69, 9.17) is 0 Å². The van der Waals surface area contributed by atoms with Crippen LogP contribution >= 0.6 is 15.9 Å². The van der Waals surface area contributed by atoms with Crippen molar-refractivity contribution in [3.63, 3.8) is 0 Å². The van der Waals surface area contributed by atoms with E-state index in [1.165, 1.54) is 37.8 Å². The molecule has 1 fully saturated rings. The minimum absolute atomic E-state index is 0.973. The van der Waals surface area contributed by atoms with E-state index in [0.29, 0.717) is 0 Å². The molecule has 0 amide bonds. The van der Waals surface area contributed by atoms with Crippen LogP contribution in [0.25, 0.3) is 0 Å². The molecule has 1 heterocycles. The zero-order valence-corrected chi connectivity index (χ0v) is 9.96. The lowest BCUT2D eigenvalue weighted by molar-refractivity contribution is 0.501. The summed E-state index contributed by atoms with van der Waals surface area (Å²) in [7, 11) is 0. The molecule has 1 aliphatic rings. The fraction of sp³-hybridized carbons (Fsp3) is 0.583. The lowest BCUT2D eigenvalue weighted by atomic mass is 10.0. The maximum atomic E-state index is 4.39. The van der Waals surface area contributed by atoms with Gasteiger partial charge in [-0.1, -0.05) is 25.7 Å². The van der Waals surface area contributed by atoms with Crippen LogP contribution in [0, 0.1) is 5.92 Å². The Bertz CT molecular complexity index is 275. The van der Waals surface area contributed by atoms with Crippen LogP contribution in [0.4, 0.5) is 0 Å². The third-order valence-corrected chi connectivity index (χ3v) is 3.54. The van der Waals surface area contributed by atoms with Crippen molar-refractivity contribution < 1.29 is 0 Å². The Labute approximate surface area is 94.1 Å². The quantitative estimate of drug-likeness (QED) is 0.795. The van der Waals surface area contributed by atoms with Gasteiger partial charge in [-0.2, -0.15) is 0 Å². The molecular formula is C12H16BrN. The summed E-state index contributed by atoms with van der Waals surface area (Å²) in [6.07, 6.45) is 10.1. The molecule has 1 nitrogen and oxygen atoms in total.